The summed E-state index contributed by atoms with van der Waals surface area (Å²) >= 11 is 3.45. The van der Waals surface area contributed by atoms with E-state index in [1.165, 1.54) is 0 Å². The third kappa shape index (κ3) is 4.45. The molecule has 0 aliphatic heterocycles. The van der Waals surface area contributed by atoms with E-state index in [0.29, 0.717) is 0 Å². The number of hydrogen-bond donors (Lipinski definition) is 6. The highest BCUT2D eigenvalue weighted by molar-refractivity contribution is 7.80. The molecule has 0 saturated heterocycles. The molecule has 5 atom stereocenters. The lowest BCUT2D eigenvalue weighted by Gasteiger charge is -2.27. The first kappa shape index (κ1) is 15.3. The molecular formula is C8H15NO6S. The minimum atomic E-state index is -1.81. The van der Waals surface area contributed by atoms with Crippen molar-refractivity contribution in [3.05, 3.63) is 0 Å². The Hall–Kier alpha value is -0.670. The van der Waals surface area contributed by atoms with E-state index in [-0.39, 0.29) is 6.29 Å². The van der Waals surface area contributed by atoms with Crippen LogP contribution in [-0.2, 0) is 9.59 Å². The summed E-state index contributed by atoms with van der Waals surface area (Å²) in [5, 5.41) is 38.9. The van der Waals surface area contributed by atoms with E-state index in [9.17, 15) is 24.9 Å². The molecule has 0 radical (unpaired) electrons. The zero-order valence-electron chi connectivity index (χ0n) is 8.52. The fourth-order valence-corrected chi connectivity index (χ4v) is 1.20. The van der Waals surface area contributed by atoms with Crippen LogP contribution in [0.15, 0.2) is 0 Å². The van der Waals surface area contributed by atoms with Gasteiger partial charge in [0.25, 0.3) is 0 Å². The quantitative estimate of drug-likeness (QED) is 0.170. The van der Waals surface area contributed by atoms with Crippen molar-refractivity contribution >= 4 is 24.8 Å². The topological polar surface area (TPSA) is 127 Å². The summed E-state index contributed by atoms with van der Waals surface area (Å²) in [4.78, 5) is 21.2. The van der Waals surface area contributed by atoms with Gasteiger partial charge in [-0.2, -0.15) is 0 Å². The number of amides is 1. The average molecular weight is 253 g/mol. The van der Waals surface area contributed by atoms with Crippen molar-refractivity contribution in [3.63, 3.8) is 0 Å². The predicted molar refractivity (Wildman–Crippen MR) is 56.7 cm³/mol. The molecule has 2 unspecified atom stereocenters. The maximum absolute atomic E-state index is 10.7. The second kappa shape index (κ2) is 6.81. The van der Waals surface area contributed by atoms with Crippen LogP contribution in [0, 0.1) is 0 Å². The second-order valence-corrected chi connectivity index (χ2v) is 3.78. The second-order valence-electron chi connectivity index (χ2n) is 3.25. The molecule has 7 nitrogen and oxygen atoms in total. The van der Waals surface area contributed by atoms with Gasteiger partial charge in [0, 0.05) is 6.92 Å². The molecule has 0 aromatic rings. The third-order valence-electron chi connectivity index (χ3n) is 1.89. The van der Waals surface area contributed by atoms with Crippen LogP contribution >= 0.6 is 12.6 Å². The average Bonchev–Trinajstić information content (AvgIpc) is 2.22. The van der Waals surface area contributed by atoms with Crippen LogP contribution in [-0.4, -0.2) is 62.4 Å². The first-order chi connectivity index (χ1) is 7.31. The Morgan fingerprint density at radius 1 is 1.19 bits per heavy atom. The lowest BCUT2D eigenvalue weighted by molar-refractivity contribution is -0.130. The normalized spacial score (nSPS) is 20.4. The molecule has 0 saturated carbocycles. The van der Waals surface area contributed by atoms with Gasteiger partial charge in [0.2, 0.25) is 5.91 Å². The van der Waals surface area contributed by atoms with E-state index in [1.54, 1.807) is 0 Å². The Balaban J connectivity index is 4.54. The van der Waals surface area contributed by atoms with Crippen molar-refractivity contribution < 1.29 is 30.0 Å². The van der Waals surface area contributed by atoms with Crippen LogP contribution in [0.2, 0.25) is 0 Å². The molecule has 0 aromatic heterocycles. The fraction of sp³-hybridized carbons (Fsp3) is 0.750. The largest absolute Gasteiger partial charge is 0.388 e. The molecule has 0 spiro atoms. The van der Waals surface area contributed by atoms with Crippen LogP contribution in [0.3, 0.4) is 0 Å². The molecule has 0 fully saturated rings. The van der Waals surface area contributed by atoms with E-state index in [4.69, 9.17) is 5.11 Å². The zero-order chi connectivity index (χ0) is 12.9. The third-order valence-corrected chi connectivity index (χ3v) is 2.20. The first-order valence-corrected chi connectivity index (χ1v) is 4.95. The summed E-state index contributed by atoms with van der Waals surface area (Å²) in [6.45, 7) is 1.12. The van der Waals surface area contributed by atoms with Gasteiger partial charge in [-0.05, 0) is 0 Å². The molecule has 0 aliphatic carbocycles. The van der Waals surface area contributed by atoms with Gasteiger partial charge in [0.15, 0.2) is 0 Å². The van der Waals surface area contributed by atoms with Crippen LogP contribution in [0.5, 0.6) is 0 Å². The van der Waals surface area contributed by atoms with Gasteiger partial charge in [0.1, 0.15) is 36.1 Å². The number of aldehydes is 1. The highest BCUT2D eigenvalue weighted by Crippen LogP contribution is 2.09. The Labute approximate surface area is 97.5 Å². The molecule has 8 heteroatoms. The molecule has 0 rings (SSSR count). The minimum absolute atomic E-state index is 0.215. The highest BCUT2D eigenvalue weighted by Gasteiger charge is 2.34. The minimum Gasteiger partial charge on any atom is -0.388 e. The molecule has 1 amide bonds. The number of thiol groups is 1. The van der Waals surface area contributed by atoms with E-state index < -0.39 is 35.7 Å². The number of aliphatic hydroxyl groups excluding tert-OH is 4. The lowest BCUT2D eigenvalue weighted by atomic mass is 10.0. The standard InChI is InChI=1S/C8H15NO6S/c1-3(11)9-4(2-10)5(12)6(13)7(14)8(15)16/h2,4-8,12-16H,1H3,(H,9,11)/t4-,5+,6-,7?,8?/m0/s1. The summed E-state index contributed by atoms with van der Waals surface area (Å²) < 4.78 is 0. The number of carbonyl (C=O) groups excluding carboxylic acids is 2. The summed E-state index contributed by atoms with van der Waals surface area (Å²) in [5.74, 6) is -0.579. The summed E-state index contributed by atoms with van der Waals surface area (Å²) in [6.07, 6.45) is -5.07. The molecule has 16 heavy (non-hydrogen) atoms. The predicted octanol–water partition coefficient (Wildman–Crippen LogP) is -2.98. The zero-order valence-corrected chi connectivity index (χ0v) is 9.41. The van der Waals surface area contributed by atoms with Crippen LogP contribution in [0.1, 0.15) is 6.92 Å². The Morgan fingerprint density at radius 3 is 2.00 bits per heavy atom. The molecule has 0 aliphatic rings. The van der Waals surface area contributed by atoms with Crippen LogP contribution in [0.4, 0.5) is 0 Å². The molecule has 5 N–H and O–H groups in total. The van der Waals surface area contributed by atoms with E-state index >= 15 is 0 Å². The molecule has 0 aromatic carbocycles. The number of rotatable bonds is 6. The van der Waals surface area contributed by atoms with Crippen molar-refractivity contribution in [3.8, 4) is 0 Å². The van der Waals surface area contributed by atoms with Crippen molar-refractivity contribution in [1.29, 1.82) is 0 Å². The Morgan fingerprint density at radius 2 is 1.69 bits per heavy atom. The Bertz CT molecular complexity index is 249. The van der Waals surface area contributed by atoms with E-state index in [2.05, 4.69) is 17.9 Å². The summed E-state index contributed by atoms with van der Waals surface area (Å²) in [7, 11) is 0. The van der Waals surface area contributed by atoms with Crippen molar-refractivity contribution in [2.75, 3.05) is 0 Å². The van der Waals surface area contributed by atoms with Crippen molar-refractivity contribution in [2.24, 2.45) is 0 Å². The number of carbonyl (C=O) groups is 2. The SMILES string of the molecule is CC(=O)N[C@@H](C=O)[C@@H](O)[C@H](O)C(O)C(O)S. The number of nitrogens with one attached hydrogen (secondary N) is 1. The Kier molecular flexibility index (Phi) is 6.53. The summed E-state index contributed by atoms with van der Waals surface area (Å²) in [6, 6.07) is -1.37. The highest BCUT2D eigenvalue weighted by atomic mass is 32.1. The van der Waals surface area contributed by atoms with Gasteiger partial charge in [0.05, 0.1) is 0 Å². The lowest BCUT2D eigenvalue weighted by Crippen LogP contribution is -2.54. The monoisotopic (exact) mass is 253 g/mol. The maximum Gasteiger partial charge on any atom is 0.217 e. The fourth-order valence-electron chi connectivity index (χ4n) is 1.03. The van der Waals surface area contributed by atoms with Crippen molar-refractivity contribution in [2.45, 2.75) is 36.7 Å². The van der Waals surface area contributed by atoms with Gasteiger partial charge >= 0.3 is 0 Å². The molecule has 94 valence electrons. The smallest absolute Gasteiger partial charge is 0.217 e. The van der Waals surface area contributed by atoms with Crippen LogP contribution in [0.25, 0.3) is 0 Å². The van der Waals surface area contributed by atoms with Gasteiger partial charge in [-0.15, -0.1) is 12.6 Å². The first-order valence-electron chi connectivity index (χ1n) is 4.44. The summed E-state index contributed by atoms with van der Waals surface area (Å²) in [5.41, 5.74) is -1.57. The number of aliphatic hydroxyl groups is 4. The van der Waals surface area contributed by atoms with Crippen LogP contribution < -0.4 is 5.32 Å². The molecule has 0 heterocycles. The van der Waals surface area contributed by atoms with Gasteiger partial charge < -0.3 is 30.5 Å². The van der Waals surface area contributed by atoms with Gasteiger partial charge in [-0.3, -0.25) is 4.79 Å². The molecular weight excluding hydrogens is 238 g/mol. The van der Waals surface area contributed by atoms with Crippen molar-refractivity contribution in [1.82, 2.24) is 5.32 Å². The van der Waals surface area contributed by atoms with E-state index in [0.717, 1.165) is 6.92 Å². The maximum atomic E-state index is 10.7. The van der Waals surface area contributed by atoms with E-state index in [1.807, 2.05) is 0 Å². The van der Waals surface area contributed by atoms with Gasteiger partial charge in [-0.25, -0.2) is 0 Å². The molecule has 0 bridgehead atoms. The van der Waals surface area contributed by atoms with Gasteiger partial charge in [-0.1, -0.05) is 0 Å². The number of hydrogen-bond acceptors (Lipinski definition) is 7.